The van der Waals surface area contributed by atoms with Gasteiger partial charge < -0.3 is 0 Å². The number of thiol groups is 1. The molecule has 0 fully saturated rings. The molecule has 0 saturated heterocycles. The van der Waals surface area contributed by atoms with Gasteiger partial charge in [0, 0.05) is 7.05 Å². The summed E-state index contributed by atoms with van der Waals surface area (Å²) in [5, 5.41) is 1.79. The maximum atomic E-state index is 5.48. The molecule has 0 aromatic carbocycles. The smallest absolute Gasteiger partial charge is 0.182 e. The van der Waals surface area contributed by atoms with Crippen LogP contribution in [0.5, 0.6) is 0 Å². The first-order chi connectivity index (χ1) is 4.13. The molecule has 0 aromatic rings. The molecule has 1 rings (SSSR count). The summed E-state index contributed by atoms with van der Waals surface area (Å²) in [4.78, 5) is 4.02. The molecule has 4 nitrogen and oxygen atoms in total. The van der Waals surface area contributed by atoms with Crippen molar-refractivity contribution >= 4 is 18.7 Å². The van der Waals surface area contributed by atoms with E-state index in [9.17, 15) is 0 Å². The highest BCUT2D eigenvalue weighted by Gasteiger charge is 2.22. The van der Waals surface area contributed by atoms with E-state index >= 15 is 0 Å². The molecule has 0 aliphatic carbocycles. The highest BCUT2D eigenvalue weighted by atomic mass is 32.1. The first kappa shape index (κ1) is 6.85. The van der Waals surface area contributed by atoms with Gasteiger partial charge in [0.15, 0.2) is 6.29 Å². The molecule has 0 radical (unpaired) electrons. The molecule has 0 bridgehead atoms. The van der Waals surface area contributed by atoms with Crippen molar-refractivity contribution in [1.29, 1.82) is 0 Å². The zero-order valence-corrected chi connectivity index (χ0v) is 6.34. The van der Waals surface area contributed by atoms with Crippen LogP contribution in [-0.2, 0) is 0 Å². The van der Waals surface area contributed by atoms with Crippen LogP contribution < -0.4 is 5.73 Å². The summed E-state index contributed by atoms with van der Waals surface area (Å²) < 4.78 is 1.56. The van der Waals surface area contributed by atoms with E-state index < -0.39 is 0 Å². The van der Waals surface area contributed by atoms with Gasteiger partial charge in [-0.15, -0.1) is 4.41 Å². The average Bonchev–Trinajstić information content (AvgIpc) is 1.98. The fourth-order valence-electron chi connectivity index (χ4n) is 0.652. The Kier molecular flexibility index (Phi) is 1.65. The normalized spacial score (nSPS) is 29.1. The number of nitrogens with two attached hydrogens (primary N) is 1. The number of nitrogens with zero attached hydrogens (tertiary/aromatic N) is 3. The number of hydrogen-bond donors (Lipinski definition) is 2. The fourth-order valence-corrected chi connectivity index (χ4v) is 0.833. The van der Waals surface area contributed by atoms with E-state index in [2.05, 4.69) is 17.8 Å². The maximum Gasteiger partial charge on any atom is 0.182 e. The van der Waals surface area contributed by atoms with Crippen molar-refractivity contribution in [2.45, 2.75) is 13.2 Å². The third-order valence-corrected chi connectivity index (χ3v) is 1.84. The molecule has 0 saturated carbocycles. The molecule has 9 heavy (non-hydrogen) atoms. The van der Waals surface area contributed by atoms with Gasteiger partial charge in [-0.3, -0.25) is 10.7 Å². The predicted molar refractivity (Wildman–Crippen MR) is 39.7 cm³/mol. The van der Waals surface area contributed by atoms with E-state index in [-0.39, 0.29) is 6.29 Å². The third kappa shape index (κ3) is 1.03. The standard InChI is InChI=1S/C4H10N4S/c1-3-6-4(5)8(9)7(3)2/h4,9H,5H2,1-2H3. The van der Waals surface area contributed by atoms with E-state index in [0.717, 1.165) is 5.84 Å². The molecular formula is C4H10N4S. The van der Waals surface area contributed by atoms with Gasteiger partial charge in [0.25, 0.3) is 0 Å². The number of amidine groups is 1. The summed E-state index contributed by atoms with van der Waals surface area (Å²) in [6.45, 7) is 1.88. The number of hydrazine groups is 1. The summed E-state index contributed by atoms with van der Waals surface area (Å²) in [6, 6.07) is 0. The first-order valence-electron chi connectivity index (χ1n) is 2.64. The van der Waals surface area contributed by atoms with Gasteiger partial charge in [-0.1, -0.05) is 12.8 Å². The highest BCUT2D eigenvalue weighted by molar-refractivity contribution is 7.77. The zero-order valence-electron chi connectivity index (χ0n) is 5.44. The van der Waals surface area contributed by atoms with Crippen LogP contribution in [0.15, 0.2) is 4.99 Å². The van der Waals surface area contributed by atoms with E-state index in [4.69, 9.17) is 5.73 Å². The lowest BCUT2D eigenvalue weighted by atomic mass is 10.7. The summed E-state index contributed by atoms with van der Waals surface area (Å²) in [5.41, 5.74) is 5.48. The summed E-state index contributed by atoms with van der Waals surface area (Å²) >= 11 is 4.06. The molecule has 1 atom stereocenters. The minimum atomic E-state index is -0.321. The van der Waals surface area contributed by atoms with Crippen LogP contribution in [-0.4, -0.2) is 28.6 Å². The molecule has 5 heteroatoms. The molecule has 0 amide bonds. The van der Waals surface area contributed by atoms with Crippen LogP contribution in [0.1, 0.15) is 6.92 Å². The first-order valence-corrected chi connectivity index (χ1v) is 3.04. The van der Waals surface area contributed by atoms with Gasteiger partial charge in [-0.05, 0) is 6.92 Å². The summed E-state index contributed by atoms with van der Waals surface area (Å²) in [7, 11) is 1.86. The van der Waals surface area contributed by atoms with E-state index in [1.54, 1.807) is 9.42 Å². The Morgan fingerprint density at radius 2 is 2.33 bits per heavy atom. The van der Waals surface area contributed by atoms with Crippen molar-refractivity contribution in [3.05, 3.63) is 0 Å². The van der Waals surface area contributed by atoms with Gasteiger partial charge >= 0.3 is 0 Å². The molecule has 2 N–H and O–H groups in total. The van der Waals surface area contributed by atoms with Gasteiger partial charge in [0.1, 0.15) is 5.84 Å². The SMILES string of the molecule is CC1=NC(N)N(S)N1C. The van der Waals surface area contributed by atoms with E-state index in [1.807, 2.05) is 14.0 Å². The molecule has 1 heterocycles. The van der Waals surface area contributed by atoms with Crippen LogP contribution in [0.2, 0.25) is 0 Å². The minimum absolute atomic E-state index is 0.321. The molecular weight excluding hydrogens is 136 g/mol. The van der Waals surface area contributed by atoms with Crippen molar-refractivity contribution in [2.24, 2.45) is 10.7 Å². The lowest BCUT2D eigenvalue weighted by Crippen LogP contribution is -2.38. The van der Waals surface area contributed by atoms with Crippen LogP contribution in [0.25, 0.3) is 0 Å². The van der Waals surface area contributed by atoms with Gasteiger partial charge in [-0.2, -0.15) is 0 Å². The topological polar surface area (TPSA) is 44.9 Å². The Hall–Kier alpha value is -0.260. The third-order valence-electron chi connectivity index (χ3n) is 1.33. The van der Waals surface area contributed by atoms with Gasteiger partial charge in [-0.25, -0.2) is 4.99 Å². The van der Waals surface area contributed by atoms with Crippen LogP contribution in [0.3, 0.4) is 0 Å². The predicted octanol–water partition coefficient (Wildman–Crippen LogP) is -0.346. The minimum Gasteiger partial charge on any atom is -0.295 e. The van der Waals surface area contributed by atoms with Gasteiger partial charge in [0.05, 0.1) is 0 Å². The van der Waals surface area contributed by atoms with Crippen molar-refractivity contribution < 1.29 is 0 Å². The Labute approximate surface area is 59.8 Å². The largest absolute Gasteiger partial charge is 0.295 e. The molecule has 0 aromatic heterocycles. The number of aliphatic imine (C=N–C) groups is 1. The summed E-state index contributed by atoms with van der Waals surface area (Å²) in [5.74, 6) is 0.887. The van der Waals surface area contributed by atoms with Crippen molar-refractivity contribution in [3.63, 3.8) is 0 Å². The number of rotatable bonds is 0. The van der Waals surface area contributed by atoms with E-state index in [1.165, 1.54) is 0 Å². The summed E-state index contributed by atoms with van der Waals surface area (Å²) in [6.07, 6.45) is -0.321. The lowest BCUT2D eigenvalue weighted by molar-refractivity contribution is 0.187. The Bertz CT molecular complexity index is 146. The Morgan fingerprint density at radius 3 is 2.44 bits per heavy atom. The van der Waals surface area contributed by atoms with Gasteiger partial charge in [0.2, 0.25) is 0 Å². The van der Waals surface area contributed by atoms with Crippen molar-refractivity contribution in [1.82, 2.24) is 9.42 Å². The van der Waals surface area contributed by atoms with Crippen LogP contribution in [0.4, 0.5) is 0 Å². The fraction of sp³-hybridized carbons (Fsp3) is 0.750. The average molecular weight is 146 g/mol. The Morgan fingerprint density at radius 1 is 1.78 bits per heavy atom. The molecule has 1 unspecified atom stereocenters. The second-order valence-electron chi connectivity index (χ2n) is 1.93. The molecule has 1 aliphatic rings. The van der Waals surface area contributed by atoms with Crippen molar-refractivity contribution in [2.75, 3.05) is 7.05 Å². The Balaban J connectivity index is 2.70. The quantitative estimate of drug-likeness (QED) is 0.459. The zero-order chi connectivity index (χ0) is 7.02. The van der Waals surface area contributed by atoms with E-state index in [0.29, 0.717) is 0 Å². The van der Waals surface area contributed by atoms with Crippen LogP contribution in [0, 0.1) is 0 Å². The molecule has 0 spiro atoms. The molecule has 1 aliphatic heterocycles. The second kappa shape index (κ2) is 2.17. The monoisotopic (exact) mass is 146 g/mol. The molecule has 52 valence electrons. The maximum absolute atomic E-state index is 5.48. The second-order valence-corrected chi connectivity index (χ2v) is 2.34. The highest BCUT2D eigenvalue weighted by Crippen LogP contribution is 2.11. The lowest BCUT2D eigenvalue weighted by Gasteiger charge is -2.21. The number of hydrogen-bond acceptors (Lipinski definition) is 5. The van der Waals surface area contributed by atoms with Crippen LogP contribution >= 0.6 is 12.8 Å². The van der Waals surface area contributed by atoms with Crippen molar-refractivity contribution in [3.8, 4) is 0 Å².